The number of hydrogen-bond acceptors (Lipinski definition) is 3. The molecule has 1 heterocycles. The van der Waals surface area contributed by atoms with E-state index in [0.717, 1.165) is 12.2 Å². The average Bonchev–Trinajstić information content (AvgIpc) is 2.46. The van der Waals surface area contributed by atoms with Crippen molar-refractivity contribution in [3.8, 4) is 0 Å². The van der Waals surface area contributed by atoms with E-state index >= 15 is 0 Å². The van der Waals surface area contributed by atoms with Crippen molar-refractivity contribution in [2.24, 2.45) is 0 Å². The molecule has 1 aromatic carbocycles. The van der Waals surface area contributed by atoms with Crippen molar-refractivity contribution in [2.45, 2.75) is 17.4 Å². The van der Waals surface area contributed by atoms with Gasteiger partial charge in [-0.05, 0) is 43.3 Å². The molecule has 1 aromatic heterocycles. The van der Waals surface area contributed by atoms with Crippen molar-refractivity contribution in [3.63, 3.8) is 0 Å². The summed E-state index contributed by atoms with van der Waals surface area (Å²) < 4.78 is 13.5. The van der Waals surface area contributed by atoms with Gasteiger partial charge >= 0.3 is 0 Å². The molecule has 0 aliphatic carbocycles. The van der Waals surface area contributed by atoms with Gasteiger partial charge in [-0.15, -0.1) is 11.8 Å². The number of thioether (sulfide) groups is 1. The van der Waals surface area contributed by atoms with Gasteiger partial charge in [-0.25, -0.2) is 4.39 Å². The molecule has 2 rings (SSSR count). The Labute approximate surface area is 117 Å². The van der Waals surface area contributed by atoms with Gasteiger partial charge in [0.2, 0.25) is 0 Å². The second-order valence-electron chi connectivity index (χ2n) is 4.29. The Morgan fingerprint density at radius 2 is 1.95 bits per heavy atom. The van der Waals surface area contributed by atoms with E-state index < -0.39 is 0 Å². The van der Waals surface area contributed by atoms with Crippen LogP contribution in [0.25, 0.3) is 0 Å². The summed E-state index contributed by atoms with van der Waals surface area (Å²) >= 11 is 1.55. The maximum absolute atomic E-state index is 13.5. The molecule has 1 atom stereocenters. The van der Waals surface area contributed by atoms with Gasteiger partial charge in [0.1, 0.15) is 5.82 Å². The predicted molar refractivity (Wildman–Crippen MR) is 77.9 cm³/mol. The summed E-state index contributed by atoms with van der Waals surface area (Å²) in [6.07, 6.45) is 4.51. The first-order valence-corrected chi connectivity index (χ1v) is 7.21. The van der Waals surface area contributed by atoms with Crippen molar-refractivity contribution in [3.05, 3.63) is 60.2 Å². The summed E-state index contributed by atoms with van der Waals surface area (Å²) in [5, 5.41) is 3.28. The van der Waals surface area contributed by atoms with Crippen LogP contribution in [0.1, 0.15) is 5.56 Å². The van der Waals surface area contributed by atoms with E-state index in [4.69, 9.17) is 0 Å². The summed E-state index contributed by atoms with van der Waals surface area (Å²) in [5.41, 5.74) is 1.24. The topological polar surface area (TPSA) is 24.9 Å². The lowest BCUT2D eigenvalue weighted by Crippen LogP contribution is -2.30. The van der Waals surface area contributed by atoms with Crippen molar-refractivity contribution in [1.82, 2.24) is 10.3 Å². The second-order valence-corrected chi connectivity index (χ2v) is 5.35. The number of nitrogens with one attached hydrogen (secondary N) is 1. The molecular formula is C15H17FN2S. The lowest BCUT2D eigenvalue weighted by molar-refractivity contribution is 0.598. The zero-order valence-corrected chi connectivity index (χ0v) is 11.7. The van der Waals surface area contributed by atoms with Crippen LogP contribution in [0.15, 0.2) is 53.7 Å². The number of benzene rings is 1. The molecule has 1 unspecified atom stereocenters. The van der Waals surface area contributed by atoms with Crippen LogP contribution in [0.5, 0.6) is 0 Å². The first-order valence-electron chi connectivity index (χ1n) is 6.23. The van der Waals surface area contributed by atoms with Crippen LogP contribution in [0.4, 0.5) is 4.39 Å². The molecule has 0 aliphatic heterocycles. The van der Waals surface area contributed by atoms with E-state index in [1.807, 2.05) is 31.3 Å². The lowest BCUT2D eigenvalue weighted by atomic mass is 10.1. The number of aromatic nitrogens is 1. The minimum atomic E-state index is -0.147. The number of likely N-dealkylation sites (N-methyl/N-ethyl adjacent to an activating group) is 1. The van der Waals surface area contributed by atoms with Crippen molar-refractivity contribution in [2.75, 3.05) is 12.8 Å². The maximum atomic E-state index is 13.5. The Morgan fingerprint density at radius 3 is 2.63 bits per heavy atom. The van der Waals surface area contributed by atoms with E-state index in [1.54, 1.807) is 30.2 Å². The van der Waals surface area contributed by atoms with Crippen molar-refractivity contribution < 1.29 is 4.39 Å². The molecule has 0 bridgehead atoms. The number of rotatable bonds is 6. The standard InChI is InChI=1S/C15H17FN2S/c1-17-13(10-12-6-8-18-9-7-12)11-19-15-5-3-2-4-14(15)16/h2-9,13,17H,10-11H2,1H3. The third-order valence-electron chi connectivity index (χ3n) is 2.92. The normalized spacial score (nSPS) is 12.3. The molecule has 0 radical (unpaired) electrons. The fraction of sp³-hybridized carbons (Fsp3) is 0.267. The van der Waals surface area contributed by atoms with E-state index in [0.29, 0.717) is 10.9 Å². The smallest absolute Gasteiger partial charge is 0.136 e. The zero-order chi connectivity index (χ0) is 13.5. The Balaban J connectivity index is 1.91. The van der Waals surface area contributed by atoms with Crippen molar-refractivity contribution in [1.29, 1.82) is 0 Å². The molecule has 0 amide bonds. The maximum Gasteiger partial charge on any atom is 0.136 e. The summed E-state index contributed by atoms with van der Waals surface area (Å²) in [5.74, 6) is 0.686. The molecule has 0 saturated carbocycles. The molecule has 0 saturated heterocycles. The van der Waals surface area contributed by atoms with Crippen LogP contribution >= 0.6 is 11.8 Å². The largest absolute Gasteiger partial charge is 0.316 e. The Bertz CT molecular complexity index is 505. The van der Waals surface area contributed by atoms with Gasteiger partial charge < -0.3 is 5.32 Å². The molecule has 2 aromatic rings. The van der Waals surface area contributed by atoms with Crippen LogP contribution < -0.4 is 5.32 Å². The number of nitrogens with zero attached hydrogens (tertiary/aromatic N) is 1. The summed E-state index contributed by atoms with van der Waals surface area (Å²) in [6.45, 7) is 0. The molecule has 0 spiro atoms. The van der Waals surface area contributed by atoms with Gasteiger partial charge in [-0.1, -0.05) is 12.1 Å². The van der Waals surface area contributed by atoms with Gasteiger partial charge in [-0.2, -0.15) is 0 Å². The third kappa shape index (κ3) is 4.33. The van der Waals surface area contributed by atoms with Crippen molar-refractivity contribution >= 4 is 11.8 Å². The molecule has 0 fully saturated rings. The number of halogens is 1. The molecule has 4 heteroatoms. The molecule has 100 valence electrons. The Morgan fingerprint density at radius 1 is 1.21 bits per heavy atom. The Kier molecular flexibility index (Phi) is 5.36. The van der Waals surface area contributed by atoms with Crippen LogP contribution in [-0.4, -0.2) is 23.8 Å². The highest BCUT2D eigenvalue weighted by Gasteiger charge is 2.09. The highest BCUT2D eigenvalue weighted by molar-refractivity contribution is 7.99. The SMILES string of the molecule is CNC(CSc1ccccc1F)Cc1ccncc1. The lowest BCUT2D eigenvalue weighted by Gasteiger charge is -2.16. The fourth-order valence-electron chi connectivity index (χ4n) is 1.80. The minimum Gasteiger partial charge on any atom is -0.316 e. The molecular weight excluding hydrogens is 259 g/mol. The summed E-state index contributed by atoms with van der Waals surface area (Å²) in [7, 11) is 1.94. The molecule has 1 N–H and O–H groups in total. The van der Waals surface area contributed by atoms with Crippen LogP contribution in [-0.2, 0) is 6.42 Å². The van der Waals surface area contributed by atoms with Gasteiger partial charge in [0, 0.05) is 29.1 Å². The third-order valence-corrected chi connectivity index (χ3v) is 4.13. The predicted octanol–water partition coefficient (Wildman–Crippen LogP) is 3.14. The minimum absolute atomic E-state index is 0.147. The van der Waals surface area contributed by atoms with Crippen LogP contribution in [0.3, 0.4) is 0 Å². The van der Waals surface area contributed by atoms with Gasteiger partial charge in [-0.3, -0.25) is 4.98 Å². The molecule has 2 nitrogen and oxygen atoms in total. The average molecular weight is 276 g/mol. The van der Waals surface area contributed by atoms with E-state index in [1.165, 1.54) is 11.6 Å². The highest BCUT2D eigenvalue weighted by Crippen LogP contribution is 2.22. The Hall–Kier alpha value is -1.39. The molecule has 0 aliphatic rings. The number of hydrogen-bond donors (Lipinski definition) is 1. The second kappa shape index (κ2) is 7.26. The van der Waals surface area contributed by atoms with Crippen LogP contribution in [0, 0.1) is 5.82 Å². The quantitative estimate of drug-likeness (QED) is 0.820. The van der Waals surface area contributed by atoms with E-state index in [-0.39, 0.29) is 5.82 Å². The zero-order valence-electron chi connectivity index (χ0n) is 10.8. The highest BCUT2D eigenvalue weighted by atomic mass is 32.2. The van der Waals surface area contributed by atoms with E-state index in [2.05, 4.69) is 10.3 Å². The summed E-state index contributed by atoms with van der Waals surface area (Å²) in [6, 6.07) is 11.2. The number of pyridine rings is 1. The van der Waals surface area contributed by atoms with E-state index in [9.17, 15) is 4.39 Å². The van der Waals surface area contributed by atoms with Gasteiger partial charge in [0.05, 0.1) is 0 Å². The summed E-state index contributed by atoms with van der Waals surface area (Å²) in [4.78, 5) is 4.71. The molecule has 19 heavy (non-hydrogen) atoms. The van der Waals surface area contributed by atoms with Crippen LogP contribution in [0.2, 0.25) is 0 Å². The fourth-order valence-corrected chi connectivity index (χ4v) is 2.85. The first kappa shape index (κ1) is 14.0. The van der Waals surface area contributed by atoms with Gasteiger partial charge in [0.25, 0.3) is 0 Å². The first-order chi connectivity index (χ1) is 9.29. The monoisotopic (exact) mass is 276 g/mol. The van der Waals surface area contributed by atoms with Gasteiger partial charge in [0.15, 0.2) is 0 Å².